The van der Waals surface area contributed by atoms with Crippen molar-refractivity contribution in [1.82, 2.24) is 15.1 Å². The maximum absolute atomic E-state index is 15.2. The van der Waals surface area contributed by atoms with Crippen LogP contribution in [-0.2, 0) is 28.6 Å². The highest BCUT2D eigenvalue weighted by molar-refractivity contribution is 6.05. The standard InChI is InChI=1S/C25H26F2N4O3/c26-25(27,16-6-2-1-3-7-16)19-13-30(14-20(19)28)11-15-5-4-8-17-18(15)12-31(24(17)34)21-9-10-22(32)29-23(21)33/h1-8,19-21H,9-14,28H2,(H,29,32,33)/t19-,20-,21?/m1/s1. The Labute approximate surface area is 195 Å². The van der Waals surface area contributed by atoms with Gasteiger partial charge >= 0.3 is 0 Å². The molecule has 5 rings (SSSR count). The van der Waals surface area contributed by atoms with Crippen LogP contribution in [0.3, 0.4) is 0 Å². The molecule has 0 aromatic heterocycles. The van der Waals surface area contributed by atoms with Gasteiger partial charge in [0.15, 0.2) is 0 Å². The van der Waals surface area contributed by atoms with E-state index in [1.807, 2.05) is 11.0 Å². The average molecular weight is 469 g/mol. The Bertz CT molecular complexity index is 1140. The van der Waals surface area contributed by atoms with Gasteiger partial charge in [-0.1, -0.05) is 42.5 Å². The summed E-state index contributed by atoms with van der Waals surface area (Å²) in [5, 5.41) is 2.30. The summed E-state index contributed by atoms with van der Waals surface area (Å²) in [7, 11) is 0. The van der Waals surface area contributed by atoms with E-state index < -0.39 is 29.8 Å². The summed E-state index contributed by atoms with van der Waals surface area (Å²) in [6.07, 6.45) is 0.475. The highest BCUT2D eigenvalue weighted by atomic mass is 19.3. The molecule has 9 heteroatoms. The van der Waals surface area contributed by atoms with E-state index in [9.17, 15) is 14.4 Å². The van der Waals surface area contributed by atoms with Crippen LogP contribution in [0.1, 0.15) is 39.9 Å². The number of likely N-dealkylation sites (tertiary alicyclic amines) is 1. The van der Waals surface area contributed by atoms with Gasteiger partial charge in [0.2, 0.25) is 11.8 Å². The second-order valence-corrected chi connectivity index (χ2v) is 9.30. The van der Waals surface area contributed by atoms with Crippen molar-refractivity contribution >= 4 is 17.7 Å². The maximum Gasteiger partial charge on any atom is 0.278 e. The first kappa shape index (κ1) is 22.6. The van der Waals surface area contributed by atoms with Gasteiger partial charge in [-0.25, -0.2) is 8.78 Å². The molecule has 1 unspecified atom stereocenters. The Hall–Kier alpha value is -3.17. The van der Waals surface area contributed by atoms with E-state index in [0.717, 1.165) is 11.1 Å². The van der Waals surface area contributed by atoms with Crippen LogP contribution in [0.2, 0.25) is 0 Å². The number of rotatable bonds is 5. The number of alkyl halides is 2. The molecule has 3 N–H and O–H groups in total. The Morgan fingerprint density at radius 2 is 1.79 bits per heavy atom. The summed E-state index contributed by atoms with van der Waals surface area (Å²) in [5.41, 5.74) is 8.30. The number of carbonyl (C=O) groups is 3. The van der Waals surface area contributed by atoms with Gasteiger partial charge in [0, 0.05) is 49.8 Å². The zero-order valence-electron chi connectivity index (χ0n) is 18.5. The number of benzene rings is 2. The fourth-order valence-corrected chi connectivity index (χ4v) is 5.34. The second-order valence-electron chi connectivity index (χ2n) is 9.30. The Morgan fingerprint density at radius 1 is 1.03 bits per heavy atom. The number of hydrogen-bond acceptors (Lipinski definition) is 5. The van der Waals surface area contributed by atoms with Gasteiger partial charge in [-0.05, 0) is 23.6 Å². The highest BCUT2D eigenvalue weighted by Gasteiger charge is 2.49. The predicted molar refractivity (Wildman–Crippen MR) is 120 cm³/mol. The van der Waals surface area contributed by atoms with Crippen molar-refractivity contribution in [3.63, 3.8) is 0 Å². The van der Waals surface area contributed by atoms with E-state index in [-0.39, 0.29) is 43.3 Å². The molecule has 2 fully saturated rings. The molecule has 7 nitrogen and oxygen atoms in total. The van der Waals surface area contributed by atoms with Gasteiger partial charge in [0.05, 0.1) is 5.92 Å². The lowest BCUT2D eigenvalue weighted by atomic mass is 9.91. The molecule has 3 aliphatic rings. The molecule has 0 aliphatic carbocycles. The number of fused-ring (bicyclic) bond motifs is 1. The average Bonchev–Trinajstić information content (AvgIpc) is 3.35. The molecule has 0 saturated carbocycles. The third kappa shape index (κ3) is 3.88. The smallest absolute Gasteiger partial charge is 0.278 e. The minimum Gasteiger partial charge on any atom is -0.326 e. The third-order valence-electron chi connectivity index (χ3n) is 7.14. The minimum absolute atomic E-state index is 0.0385. The molecule has 3 atom stereocenters. The highest BCUT2D eigenvalue weighted by Crippen LogP contribution is 2.41. The molecule has 2 aromatic carbocycles. The van der Waals surface area contributed by atoms with Crippen LogP contribution in [0.25, 0.3) is 0 Å². The van der Waals surface area contributed by atoms with Crippen molar-refractivity contribution < 1.29 is 23.2 Å². The topological polar surface area (TPSA) is 95.7 Å². The van der Waals surface area contributed by atoms with Crippen LogP contribution in [0, 0.1) is 5.92 Å². The van der Waals surface area contributed by atoms with Gasteiger partial charge in [0.25, 0.3) is 11.8 Å². The number of hydrogen-bond donors (Lipinski definition) is 2. The fraction of sp³-hybridized carbons (Fsp3) is 0.400. The van der Waals surface area contributed by atoms with E-state index in [1.165, 1.54) is 17.0 Å². The molecule has 0 bridgehead atoms. The largest absolute Gasteiger partial charge is 0.326 e. The Balaban J connectivity index is 1.33. The van der Waals surface area contributed by atoms with Crippen LogP contribution in [0.15, 0.2) is 48.5 Å². The molecule has 3 amide bonds. The fourth-order valence-electron chi connectivity index (χ4n) is 5.34. The number of piperidine rings is 1. The molecule has 2 saturated heterocycles. The Kier molecular flexibility index (Phi) is 5.69. The lowest BCUT2D eigenvalue weighted by Gasteiger charge is -2.29. The summed E-state index contributed by atoms with van der Waals surface area (Å²) >= 11 is 0. The van der Waals surface area contributed by atoms with Crippen LogP contribution >= 0.6 is 0 Å². The zero-order chi connectivity index (χ0) is 24.0. The molecule has 0 spiro atoms. The third-order valence-corrected chi connectivity index (χ3v) is 7.14. The summed E-state index contributed by atoms with van der Waals surface area (Å²) in [4.78, 5) is 40.2. The van der Waals surface area contributed by atoms with E-state index in [2.05, 4.69) is 5.32 Å². The predicted octanol–water partition coefficient (Wildman–Crippen LogP) is 2.00. The number of imide groups is 1. The molecule has 3 aliphatic heterocycles. The van der Waals surface area contributed by atoms with Gasteiger partial charge in [0.1, 0.15) is 6.04 Å². The minimum atomic E-state index is -3.05. The van der Waals surface area contributed by atoms with Crippen molar-refractivity contribution in [3.8, 4) is 0 Å². The normalized spacial score (nSPS) is 25.6. The number of nitrogens with one attached hydrogen (secondary N) is 1. The lowest BCUT2D eigenvalue weighted by molar-refractivity contribution is -0.136. The van der Waals surface area contributed by atoms with Crippen molar-refractivity contribution in [1.29, 1.82) is 0 Å². The molecule has 0 radical (unpaired) electrons. The first-order chi connectivity index (χ1) is 16.3. The van der Waals surface area contributed by atoms with Crippen molar-refractivity contribution in [3.05, 3.63) is 70.8 Å². The molecule has 34 heavy (non-hydrogen) atoms. The molecule has 3 heterocycles. The summed E-state index contributed by atoms with van der Waals surface area (Å²) < 4.78 is 30.4. The monoisotopic (exact) mass is 468 g/mol. The van der Waals surface area contributed by atoms with Gasteiger partial charge < -0.3 is 10.6 Å². The Morgan fingerprint density at radius 3 is 2.53 bits per heavy atom. The van der Waals surface area contributed by atoms with E-state index >= 15 is 8.78 Å². The van der Waals surface area contributed by atoms with Crippen LogP contribution < -0.4 is 11.1 Å². The van der Waals surface area contributed by atoms with Crippen LogP contribution in [0.5, 0.6) is 0 Å². The lowest BCUT2D eigenvalue weighted by Crippen LogP contribution is -2.52. The number of carbonyl (C=O) groups excluding carboxylic acids is 3. The summed E-state index contributed by atoms with van der Waals surface area (Å²) in [5.74, 6) is -5.12. The van der Waals surface area contributed by atoms with Crippen LogP contribution in [-0.4, -0.2) is 52.7 Å². The van der Waals surface area contributed by atoms with Gasteiger partial charge in [-0.3, -0.25) is 24.6 Å². The summed E-state index contributed by atoms with van der Waals surface area (Å²) in [6.45, 7) is 1.09. The first-order valence-corrected chi connectivity index (χ1v) is 11.4. The molecule has 2 aromatic rings. The van der Waals surface area contributed by atoms with Gasteiger partial charge in [-0.15, -0.1) is 0 Å². The number of nitrogens with zero attached hydrogens (tertiary/aromatic N) is 2. The maximum atomic E-state index is 15.2. The number of nitrogens with two attached hydrogens (primary N) is 1. The van der Waals surface area contributed by atoms with Crippen LogP contribution in [0.4, 0.5) is 8.78 Å². The SMILES string of the molecule is N[C@@H]1CN(Cc2cccc3c2CN(C2CCC(=O)NC2=O)C3=O)C[C@H]1C(F)(F)c1ccccc1. The number of halogens is 2. The molecular weight excluding hydrogens is 442 g/mol. The van der Waals surface area contributed by atoms with E-state index in [1.54, 1.807) is 30.3 Å². The zero-order valence-corrected chi connectivity index (χ0v) is 18.5. The van der Waals surface area contributed by atoms with Crippen molar-refractivity contribution in [2.24, 2.45) is 11.7 Å². The first-order valence-electron chi connectivity index (χ1n) is 11.4. The molecule has 178 valence electrons. The van der Waals surface area contributed by atoms with Crippen molar-refractivity contribution in [2.75, 3.05) is 13.1 Å². The van der Waals surface area contributed by atoms with E-state index in [0.29, 0.717) is 18.7 Å². The molecular formula is C25H26F2N4O3. The quantitative estimate of drug-likeness (QED) is 0.655. The van der Waals surface area contributed by atoms with E-state index in [4.69, 9.17) is 5.73 Å². The number of amides is 3. The van der Waals surface area contributed by atoms with Crippen molar-refractivity contribution in [2.45, 2.75) is 43.9 Å². The second kappa shape index (κ2) is 8.56. The summed E-state index contributed by atoms with van der Waals surface area (Å²) in [6, 6.07) is 11.7. The van der Waals surface area contributed by atoms with Gasteiger partial charge in [-0.2, -0.15) is 0 Å².